The van der Waals surface area contributed by atoms with E-state index in [-0.39, 0.29) is 25.6 Å². The summed E-state index contributed by atoms with van der Waals surface area (Å²) in [6.07, 6.45) is -4.22. The molecule has 0 amide bonds. The summed E-state index contributed by atoms with van der Waals surface area (Å²) in [6.45, 7) is -0.424. The van der Waals surface area contributed by atoms with E-state index in [9.17, 15) is 13.2 Å². The molecule has 0 saturated heterocycles. The van der Waals surface area contributed by atoms with Gasteiger partial charge in [0.05, 0.1) is 6.54 Å². The normalized spacial score (nSPS) is 11.9. The number of hydrogen-bond donors (Lipinski definition) is 0. The molecule has 0 saturated carbocycles. The second-order valence-electron chi connectivity index (χ2n) is 3.89. The van der Waals surface area contributed by atoms with Gasteiger partial charge < -0.3 is 4.74 Å². The molecule has 1 aromatic carbocycles. The van der Waals surface area contributed by atoms with E-state index >= 15 is 0 Å². The van der Waals surface area contributed by atoms with Gasteiger partial charge in [-0.05, 0) is 18.2 Å². The van der Waals surface area contributed by atoms with Crippen LogP contribution in [0.2, 0.25) is 0 Å². The Bertz CT molecular complexity index is 389. The standard InChI is InChI=1S/C12H14BrClF3NO/c13-10-2-1-3-11(8-10)19-7-6-18(5-4-14)9-12(15,16)17/h1-3,8H,4-7,9H2. The zero-order valence-corrected chi connectivity index (χ0v) is 12.4. The van der Waals surface area contributed by atoms with Crippen molar-refractivity contribution in [1.29, 1.82) is 0 Å². The topological polar surface area (TPSA) is 12.5 Å². The van der Waals surface area contributed by atoms with Gasteiger partial charge in [0.2, 0.25) is 0 Å². The number of hydrogen-bond acceptors (Lipinski definition) is 2. The first kappa shape index (κ1) is 16.6. The fraction of sp³-hybridized carbons (Fsp3) is 0.500. The fourth-order valence-corrected chi connectivity index (χ4v) is 2.11. The Balaban J connectivity index is 2.39. The van der Waals surface area contributed by atoms with E-state index in [1.54, 1.807) is 18.2 Å². The lowest BCUT2D eigenvalue weighted by atomic mass is 10.3. The molecule has 19 heavy (non-hydrogen) atoms. The molecule has 108 valence electrons. The summed E-state index contributed by atoms with van der Waals surface area (Å²) in [6, 6.07) is 7.15. The second kappa shape index (κ2) is 7.97. The Kier molecular flexibility index (Phi) is 6.96. The van der Waals surface area contributed by atoms with Crippen molar-refractivity contribution < 1.29 is 17.9 Å². The van der Waals surface area contributed by atoms with Crippen LogP contribution in [-0.2, 0) is 0 Å². The number of halogens is 5. The molecule has 0 radical (unpaired) electrons. The molecule has 0 aliphatic heterocycles. The minimum absolute atomic E-state index is 0.160. The highest BCUT2D eigenvalue weighted by Gasteiger charge is 2.30. The van der Waals surface area contributed by atoms with Gasteiger partial charge in [-0.3, -0.25) is 4.90 Å². The largest absolute Gasteiger partial charge is 0.492 e. The maximum atomic E-state index is 12.3. The van der Waals surface area contributed by atoms with Gasteiger partial charge in [0, 0.05) is 23.4 Å². The van der Waals surface area contributed by atoms with Crippen molar-refractivity contribution in [3.63, 3.8) is 0 Å². The monoisotopic (exact) mass is 359 g/mol. The van der Waals surface area contributed by atoms with Gasteiger partial charge >= 0.3 is 6.18 Å². The molecule has 0 aliphatic rings. The zero-order valence-electron chi connectivity index (χ0n) is 10.1. The van der Waals surface area contributed by atoms with Crippen molar-refractivity contribution in [2.24, 2.45) is 0 Å². The number of rotatable bonds is 7. The predicted molar refractivity (Wildman–Crippen MR) is 72.9 cm³/mol. The minimum Gasteiger partial charge on any atom is -0.492 e. The van der Waals surface area contributed by atoms with Crippen LogP contribution in [0.3, 0.4) is 0 Å². The number of alkyl halides is 4. The Hall–Kier alpha value is -0.460. The first-order chi connectivity index (χ1) is 8.90. The Morgan fingerprint density at radius 3 is 2.58 bits per heavy atom. The molecule has 2 nitrogen and oxygen atoms in total. The lowest BCUT2D eigenvalue weighted by Crippen LogP contribution is -2.38. The van der Waals surface area contributed by atoms with E-state index in [0.29, 0.717) is 5.75 Å². The van der Waals surface area contributed by atoms with E-state index in [4.69, 9.17) is 16.3 Å². The average Bonchev–Trinajstić information content (AvgIpc) is 2.27. The quantitative estimate of drug-likeness (QED) is 0.683. The van der Waals surface area contributed by atoms with Crippen LogP contribution in [0.1, 0.15) is 0 Å². The summed E-state index contributed by atoms with van der Waals surface area (Å²) in [5, 5.41) is 0. The lowest BCUT2D eigenvalue weighted by Gasteiger charge is -2.22. The summed E-state index contributed by atoms with van der Waals surface area (Å²) in [7, 11) is 0. The van der Waals surface area contributed by atoms with Crippen LogP contribution < -0.4 is 4.74 Å². The summed E-state index contributed by atoms with van der Waals surface area (Å²) in [5.41, 5.74) is 0. The van der Waals surface area contributed by atoms with E-state index in [1.165, 1.54) is 4.90 Å². The number of nitrogens with zero attached hydrogens (tertiary/aromatic N) is 1. The smallest absolute Gasteiger partial charge is 0.401 e. The SMILES string of the molecule is FC(F)(F)CN(CCCl)CCOc1cccc(Br)c1. The average molecular weight is 361 g/mol. The van der Waals surface area contributed by atoms with Gasteiger partial charge in [0.15, 0.2) is 0 Å². The third-order valence-electron chi connectivity index (χ3n) is 2.28. The zero-order chi connectivity index (χ0) is 14.3. The minimum atomic E-state index is -4.22. The van der Waals surface area contributed by atoms with Crippen LogP contribution in [0, 0.1) is 0 Å². The Morgan fingerprint density at radius 1 is 1.26 bits per heavy atom. The molecular formula is C12H14BrClF3NO. The van der Waals surface area contributed by atoms with Gasteiger partial charge in [0.1, 0.15) is 12.4 Å². The summed E-state index contributed by atoms with van der Waals surface area (Å²) in [4.78, 5) is 1.23. The van der Waals surface area contributed by atoms with E-state index in [2.05, 4.69) is 15.9 Å². The van der Waals surface area contributed by atoms with Crippen molar-refractivity contribution in [1.82, 2.24) is 4.90 Å². The van der Waals surface area contributed by atoms with Crippen LogP contribution in [0.15, 0.2) is 28.7 Å². The highest BCUT2D eigenvalue weighted by atomic mass is 79.9. The van der Waals surface area contributed by atoms with Crippen molar-refractivity contribution in [3.8, 4) is 5.75 Å². The maximum absolute atomic E-state index is 12.3. The van der Waals surface area contributed by atoms with Crippen molar-refractivity contribution in [2.75, 3.05) is 32.1 Å². The van der Waals surface area contributed by atoms with Crippen LogP contribution in [0.4, 0.5) is 13.2 Å². The molecule has 0 N–H and O–H groups in total. The van der Waals surface area contributed by atoms with E-state index in [0.717, 1.165) is 4.47 Å². The highest BCUT2D eigenvalue weighted by molar-refractivity contribution is 9.10. The predicted octanol–water partition coefficient (Wildman–Crippen LogP) is 3.93. The third-order valence-corrected chi connectivity index (χ3v) is 2.94. The molecule has 1 rings (SSSR count). The van der Waals surface area contributed by atoms with Crippen LogP contribution in [0.5, 0.6) is 5.75 Å². The van der Waals surface area contributed by atoms with Crippen molar-refractivity contribution >= 4 is 27.5 Å². The lowest BCUT2D eigenvalue weighted by molar-refractivity contribution is -0.145. The summed E-state index contributed by atoms with van der Waals surface area (Å²) in [5.74, 6) is 0.777. The Labute approximate surface area is 123 Å². The molecule has 1 aromatic rings. The van der Waals surface area contributed by atoms with Crippen LogP contribution in [-0.4, -0.2) is 43.2 Å². The first-order valence-corrected chi connectivity index (χ1v) is 6.97. The Morgan fingerprint density at radius 2 is 2.00 bits per heavy atom. The maximum Gasteiger partial charge on any atom is 0.401 e. The fourth-order valence-electron chi connectivity index (χ4n) is 1.49. The molecule has 0 aliphatic carbocycles. The molecule has 0 heterocycles. The molecular weight excluding hydrogens is 346 g/mol. The van der Waals surface area contributed by atoms with Crippen molar-refractivity contribution in [2.45, 2.75) is 6.18 Å². The third kappa shape index (κ3) is 7.64. The van der Waals surface area contributed by atoms with Crippen molar-refractivity contribution in [3.05, 3.63) is 28.7 Å². The van der Waals surface area contributed by atoms with E-state index < -0.39 is 12.7 Å². The summed E-state index contributed by atoms with van der Waals surface area (Å²) < 4.78 is 43.2. The summed E-state index contributed by atoms with van der Waals surface area (Å²) >= 11 is 8.78. The van der Waals surface area contributed by atoms with Gasteiger partial charge in [-0.25, -0.2) is 0 Å². The van der Waals surface area contributed by atoms with Gasteiger partial charge in [-0.2, -0.15) is 13.2 Å². The van der Waals surface area contributed by atoms with Gasteiger partial charge in [-0.1, -0.05) is 22.0 Å². The van der Waals surface area contributed by atoms with E-state index in [1.807, 2.05) is 6.07 Å². The van der Waals surface area contributed by atoms with Crippen LogP contribution in [0.25, 0.3) is 0 Å². The van der Waals surface area contributed by atoms with Crippen LogP contribution >= 0.6 is 27.5 Å². The molecule has 0 unspecified atom stereocenters. The number of benzene rings is 1. The molecule has 0 atom stereocenters. The molecule has 0 spiro atoms. The molecule has 0 aromatic heterocycles. The molecule has 0 bridgehead atoms. The number of ether oxygens (including phenoxy) is 1. The second-order valence-corrected chi connectivity index (χ2v) is 5.18. The first-order valence-electron chi connectivity index (χ1n) is 5.64. The highest BCUT2D eigenvalue weighted by Crippen LogP contribution is 2.18. The van der Waals surface area contributed by atoms with Gasteiger partial charge in [0.25, 0.3) is 0 Å². The molecule has 7 heteroatoms. The molecule has 0 fully saturated rings. The van der Waals surface area contributed by atoms with Gasteiger partial charge in [-0.15, -0.1) is 11.6 Å².